The summed E-state index contributed by atoms with van der Waals surface area (Å²) >= 11 is 0. The molecule has 1 N–H and O–H groups in total. The van der Waals surface area contributed by atoms with E-state index in [2.05, 4.69) is 10.3 Å². The first-order chi connectivity index (χ1) is 13.0. The van der Waals surface area contributed by atoms with Crippen LogP contribution in [0.15, 0.2) is 59.9 Å². The molecule has 6 nitrogen and oxygen atoms in total. The molecule has 0 aliphatic heterocycles. The van der Waals surface area contributed by atoms with E-state index in [-0.39, 0.29) is 5.75 Å². The van der Waals surface area contributed by atoms with Gasteiger partial charge in [0.1, 0.15) is 17.3 Å². The molecule has 3 aromatic rings. The van der Waals surface area contributed by atoms with Gasteiger partial charge in [0, 0.05) is 18.3 Å². The number of rotatable bonds is 6. The van der Waals surface area contributed by atoms with E-state index in [9.17, 15) is 13.4 Å². The predicted molar refractivity (Wildman–Crippen MR) is 102 cm³/mol. The Bertz CT molecular complexity index is 969. The number of ether oxygens (including phenoxy) is 1. The number of benzene rings is 2. The molecule has 1 amide bonds. The van der Waals surface area contributed by atoms with Crippen LogP contribution < -0.4 is 10.1 Å². The lowest BCUT2D eigenvalue weighted by Crippen LogP contribution is -2.21. The third kappa shape index (κ3) is 4.40. The number of carbonyl (C=O) groups excluding carboxylic acids is 1. The molecule has 0 fully saturated rings. The van der Waals surface area contributed by atoms with Crippen molar-refractivity contribution in [3.63, 3.8) is 0 Å². The number of anilines is 1. The molecule has 27 heavy (non-hydrogen) atoms. The highest BCUT2D eigenvalue weighted by Crippen LogP contribution is 2.23. The average molecular weight is 387 g/mol. The second-order valence-electron chi connectivity index (χ2n) is 5.76. The number of hydrogen-bond acceptors (Lipinski definition) is 4. The normalized spacial score (nSPS) is 11.8. The van der Waals surface area contributed by atoms with Crippen molar-refractivity contribution in [3.8, 4) is 17.0 Å². The molecular weight excluding hydrogens is 369 g/mol. The van der Waals surface area contributed by atoms with Gasteiger partial charge in [0.25, 0.3) is 0 Å². The maximum Gasteiger partial charge on any atom is 0.237 e. The molecule has 0 saturated carbocycles. The van der Waals surface area contributed by atoms with Crippen LogP contribution in [0, 0.1) is 5.82 Å². The monoisotopic (exact) mass is 387 g/mol. The first-order valence-corrected chi connectivity index (χ1v) is 9.40. The van der Waals surface area contributed by atoms with Crippen LogP contribution in [-0.4, -0.2) is 32.5 Å². The van der Waals surface area contributed by atoms with Gasteiger partial charge in [-0.05, 0) is 48.5 Å². The fourth-order valence-corrected chi connectivity index (χ4v) is 3.56. The van der Waals surface area contributed by atoms with Gasteiger partial charge in [0.05, 0.1) is 29.8 Å². The van der Waals surface area contributed by atoms with Crippen LogP contribution in [0.1, 0.15) is 0 Å². The molecule has 3 rings (SSSR count). The van der Waals surface area contributed by atoms with Gasteiger partial charge in [0.2, 0.25) is 5.91 Å². The van der Waals surface area contributed by atoms with Crippen molar-refractivity contribution in [3.05, 3.63) is 60.5 Å². The van der Waals surface area contributed by atoms with Crippen LogP contribution in [-0.2, 0) is 22.6 Å². The van der Waals surface area contributed by atoms with E-state index in [4.69, 9.17) is 4.74 Å². The van der Waals surface area contributed by atoms with E-state index in [1.165, 1.54) is 24.3 Å². The second-order valence-corrected chi connectivity index (χ2v) is 7.10. The number of methoxy groups -OCH3 is 1. The number of nitrogens with zero attached hydrogens (tertiary/aromatic N) is 2. The highest BCUT2D eigenvalue weighted by molar-refractivity contribution is 7.85. The molecule has 1 aromatic heterocycles. The second kappa shape index (κ2) is 8.13. The highest BCUT2D eigenvalue weighted by Gasteiger charge is 2.17. The van der Waals surface area contributed by atoms with Gasteiger partial charge in [-0.2, -0.15) is 0 Å². The summed E-state index contributed by atoms with van der Waals surface area (Å²) in [5, 5.41) is 2.89. The number of imidazole rings is 1. The van der Waals surface area contributed by atoms with E-state index >= 15 is 0 Å². The third-order valence-corrected chi connectivity index (χ3v) is 5.24. The third-order valence-electron chi connectivity index (χ3n) is 3.93. The first-order valence-electron chi connectivity index (χ1n) is 8.08. The summed E-state index contributed by atoms with van der Waals surface area (Å²) in [7, 11) is 1.72. The van der Waals surface area contributed by atoms with Crippen LogP contribution in [0.5, 0.6) is 5.75 Å². The number of hydrogen-bond donors (Lipinski definition) is 1. The summed E-state index contributed by atoms with van der Waals surface area (Å²) in [6.07, 6.45) is 1.62. The van der Waals surface area contributed by atoms with E-state index in [1.54, 1.807) is 24.9 Å². The van der Waals surface area contributed by atoms with E-state index in [0.717, 1.165) is 17.0 Å². The minimum atomic E-state index is -1.62. The summed E-state index contributed by atoms with van der Waals surface area (Å²) in [6, 6.07) is 12.8. The molecule has 0 radical (unpaired) electrons. The van der Waals surface area contributed by atoms with Crippen LogP contribution >= 0.6 is 0 Å². The molecule has 0 aliphatic rings. The summed E-state index contributed by atoms with van der Waals surface area (Å²) < 4.78 is 32.3. The van der Waals surface area contributed by atoms with Crippen LogP contribution in [0.4, 0.5) is 10.1 Å². The van der Waals surface area contributed by atoms with Gasteiger partial charge in [-0.15, -0.1) is 0 Å². The van der Waals surface area contributed by atoms with Crippen LogP contribution in [0.25, 0.3) is 11.3 Å². The minimum Gasteiger partial charge on any atom is -0.497 e. The quantitative estimate of drug-likeness (QED) is 0.706. The lowest BCUT2D eigenvalue weighted by atomic mass is 10.1. The van der Waals surface area contributed by atoms with Gasteiger partial charge in [0.15, 0.2) is 5.16 Å². The first kappa shape index (κ1) is 18.8. The zero-order valence-corrected chi connectivity index (χ0v) is 15.6. The summed E-state index contributed by atoms with van der Waals surface area (Å²) in [6.45, 7) is 0. The fourth-order valence-electron chi connectivity index (χ4n) is 2.55. The average Bonchev–Trinajstić information content (AvgIpc) is 3.05. The fraction of sp³-hybridized carbons (Fsp3) is 0.158. The largest absolute Gasteiger partial charge is 0.497 e. The molecular formula is C19H18FN3O3S. The van der Waals surface area contributed by atoms with Crippen molar-refractivity contribution >= 4 is 22.4 Å². The van der Waals surface area contributed by atoms with E-state index in [0.29, 0.717) is 10.8 Å². The number of halogens is 1. The topological polar surface area (TPSA) is 73.2 Å². The Balaban J connectivity index is 1.70. The van der Waals surface area contributed by atoms with Gasteiger partial charge in [-0.3, -0.25) is 9.00 Å². The minimum absolute atomic E-state index is 0.246. The molecule has 8 heteroatoms. The van der Waals surface area contributed by atoms with Gasteiger partial charge in [-0.25, -0.2) is 9.37 Å². The number of nitrogens with one attached hydrogen (secondary N) is 1. The lowest BCUT2D eigenvalue weighted by molar-refractivity contribution is -0.113. The van der Waals surface area contributed by atoms with Crippen molar-refractivity contribution in [2.45, 2.75) is 5.16 Å². The highest BCUT2D eigenvalue weighted by atomic mass is 32.2. The zero-order chi connectivity index (χ0) is 19.4. The van der Waals surface area contributed by atoms with Crippen molar-refractivity contribution in [1.82, 2.24) is 9.55 Å². The molecule has 1 heterocycles. The molecule has 2 aromatic carbocycles. The predicted octanol–water partition coefficient (Wildman–Crippen LogP) is 2.98. The van der Waals surface area contributed by atoms with E-state index < -0.39 is 22.5 Å². The van der Waals surface area contributed by atoms with Crippen LogP contribution in [0.3, 0.4) is 0 Å². The number of amides is 1. The molecule has 0 aliphatic carbocycles. The van der Waals surface area contributed by atoms with Gasteiger partial charge < -0.3 is 14.6 Å². The maximum atomic E-state index is 12.9. The van der Waals surface area contributed by atoms with Crippen molar-refractivity contribution in [1.29, 1.82) is 0 Å². The van der Waals surface area contributed by atoms with Gasteiger partial charge in [-0.1, -0.05) is 0 Å². The Morgan fingerprint density at radius 1 is 1.19 bits per heavy atom. The Kier molecular flexibility index (Phi) is 5.66. The van der Waals surface area contributed by atoms with Crippen molar-refractivity contribution < 1.29 is 18.1 Å². The molecule has 0 unspecified atom stereocenters. The molecule has 0 saturated heterocycles. The molecule has 0 spiro atoms. The maximum absolute atomic E-state index is 12.9. The molecule has 0 bridgehead atoms. The SMILES string of the molecule is COc1ccc(-c2cnc([S@](=O)CC(=O)Nc3ccc(F)cc3)n2C)cc1. The lowest BCUT2D eigenvalue weighted by Gasteiger charge is -2.08. The smallest absolute Gasteiger partial charge is 0.237 e. The Labute approximate surface area is 158 Å². The molecule has 1 atom stereocenters. The van der Waals surface area contributed by atoms with Gasteiger partial charge >= 0.3 is 0 Å². The number of carbonyl (C=O) groups is 1. The standard InChI is InChI=1S/C19H18FN3O3S/c1-23-17(13-3-9-16(26-2)10-4-13)11-21-19(23)27(25)12-18(24)22-15-7-5-14(20)6-8-15/h3-11H,12H2,1-2H3,(H,22,24)/t27-/m1/s1. The summed E-state index contributed by atoms with van der Waals surface area (Å²) in [5.74, 6) is -0.337. The Morgan fingerprint density at radius 2 is 1.85 bits per heavy atom. The van der Waals surface area contributed by atoms with Crippen molar-refractivity contribution in [2.24, 2.45) is 7.05 Å². The van der Waals surface area contributed by atoms with E-state index in [1.807, 2.05) is 24.3 Å². The number of aromatic nitrogens is 2. The van der Waals surface area contributed by atoms with Crippen molar-refractivity contribution in [2.75, 3.05) is 18.2 Å². The summed E-state index contributed by atoms with van der Waals surface area (Å²) in [4.78, 5) is 16.3. The molecule has 140 valence electrons. The Hall–Kier alpha value is -3.00. The zero-order valence-electron chi connectivity index (χ0n) is 14.8. The Morgan fingerprint density at radius 3 is 2.48 bits per heavy atom. The summed E-state index contributed by atoms with van der Waals surface area (Å²) in [5.41, 5.74) is 2.11. The van der Waals surface area contributed by atoms with Crippen LogP contribution in [0.2, 0.25) is 0 Å².